The van der Waals surface area contributed by atoms with Gasteiger partial charge in [0.1, 0.15) is 10.8 Å². The number of anilines is 1. The Morgan fingerprint density at radius 1 is 1.30 bits per heavy atom. The zero-order valence-electron chi connectivity index (χ0n) is 13.6. The average molecular weight is 352 g/mol. The van der Waals surface area contributed by atoms with Crippen molar-refractivity contribution in [2.45, 2.75) is 41.6 Å². The molecule has 0 aliphatic heterocycles. The zero-order chi connectivity index (χ0) is 16.9. The average Bonchev–Trinajstić information content (AvgIpc) is 2.61. The van der Waals surface area contributed by atoms with E-state index in [4.69, 9.17) is 13.0 Å². The highest BCUT2D eigenvalue weighted by atomic mass is 35.5. The summed E-state index contributed by atoms with van der Waals surface area (Å²) < 4.78 is 7.37. The number of hydrogen-bond donors (Lipinski definition) is 2. The third-order valence-electron chi connectivity index (χ3n) is 4.01. The molecule has 2 heterocycles. The minimum absolute atomic E-state index is 0.140. The molecule has 3 rings (SSSR count). The van der Waals surface area contributed by atoms with Crippen LogP contribution in [0.1, 0.15) is 27.1 Å². The van der Waals surface area contributed by atoms with Crippen LogP contribution in [0, 0.1) is 5.92 Å². The molecule has 2 aromatic heterocycles. The van der Waals surface area contributed by atoms with Gasteiger partial charge in [0.05, 0.1) is 12.6 Å². The zero-order valence-corrected chi connectivity index (χ0v) is 14.1. The maximum atomic E-state index is 9.23. The topological polar surface area (TPSA) is 70.9 Å². The summed E-state index contributed by atoms with van der Waals surface area (Å²) in [4.78, 5) is 13.3. The van der Waals surface area contributed by atoms with E-state index in [9.17, 15) is 5.11 Å². The Bertz CT molecular complexity index is 680. The quantitative estimate of drug-likeness (QED) is 0.857. The minimum Gasteiger partial charge on any atom is -0.396 e. The summed E-state index contributed by atoms with van der Waals surface area (Å²) in [7, 11) is 0. The molecule has 0 radical (unpaired) electrons. The Balaban J connectivity index is 1.68. The highest BCUT2D eigenvalue weighted by Crippen LogP contribution is 2.36. The fourth-order valence-corrected chi connectivity index (χ4v) is 3.74. The summed E-state index contributed by atoms with van der Waals surface area (Å²) in [6, 6.07) is 2.18. The van der Waals surface area contributed by atoms with Gasteiger partial charge in [0.2, 0.25) is 0 Å². The maximum absolute atomic E-state index is 9.23. The summed E-state index contributed by atoms with van der Waals surface area (Å²) in [6.45, 7) is 0.274. The van der Waals surface area contributed by atoms with Crippen molar-refractivity contribution < 1.29 is 6.48 Å². The van der Waals surface area contributed by atoms with Crippen molar-refractivity contribution in [2.24, 2.45) is 5.92 Å². The van der Waals surface area contributed by atoms with E-state index in [0.29, 0.717) is 27.8 Å². The molecule has 0 unspecified atom stereocenters. The van der Waals surface area contributed by atoms with E-state index in [2.05, 4.69) is 20.3 Å². The first-order valence-electron chi connectivity index (χ1n) is 8.14. The van der Waals surface area contributed by atoms with E-state index >= 15 is 0 Å². The smallest absolute Gasteiger partial charge is 0.146 e. The van der Waals surface area contributed by atoms with Gasteiger partial charge in [0, 0.05) is 36.1 Å². The van der Waals surface area contributed by atoms with E-state index in [1.807, 2.05) is 6.07 Å². The van der Waals surface area contributed by atoms with Crippen LogP contribution in [0.4, 0.5) is 5.82 Å². The van der Waals surface area contributed by atoms with Crippen molar-refractivity contribution in [3.8, 4) is 0 Å². The molecule has 1 saturated carbocycles. The van der Waals surface area contributed by atoms with Gasteiger partial charge in [0.15, 0.2) is 0 Å². The molecular formula is C16H19ClN4OS. The number of rotatable bonds is 5. The number of halogens is 1. The van der Waals surface area contributed by atoms with Crippen molar-refractivity contribution in [3.63, 3.8) is 0 Å². The second-order valence-corrected chi connectivity index (χ2v) is 7.04. The van der Waals surface area contributed by atoms with Crippen LogP contribution in [0.3, 0.4) is 0 Å². The van der Waals surface area contributed by atoms with Crippen LogP contribution in [0.15, 0.2) is 40.8 Å². The molecule has 2 N–H and O–H groups in total. The lowest BCUT2D eigenvalue weighted by atomic mass is 9.86. The standard InChI is InChI=1S/C16H19ClN4OS/c17-15-13(23-14-9-18-7-8-19-14)5-6-20-16(15)21-12-3-1-11(10-22)2-4-12/h5-9,11-12,22H,1-4,10H2,(H,20,21)/i7D. The van der Waals surface area contributed by atoms with Gasteiger partial charge in [-0.15, -0.1) is 0 Å². The van der Waals surface area contributed by atoms with Crippen LogP contribution in [0.2, 0.25) is 5.02 Å². The molecule has 0 spiro atoms. The normalized spacial score (nSPS) is 21.7. The van der Waals surface area contributed by atoms with E-state index in [1.54, 1.807) is 12.4 Å². The second-order valence-electron chi connectivity index (χ2n) is 5.60. The molecule has 1 aliphatic carbocycles. The van der Waals surface area contributed by atoms with E-state index in [0.717, 1.165) is 30.6 Å². The molecule has 5 nitrogen and oxygen atoms in total. The molecule has 0 aromatic carbocycles. The molecule has 0 bridgehead atoms. The van der Waals surface area contributed by atoms with Crippen LogP contribution in [0.5, 0.6) is 0 Å². The lowest BCUT2D eigenvalue weighted by Gasteiger charge is -2.28. The first-order chi connectivity index (χ1) is 11.7. The maximum Gasteiger partial charge on any atom is 0.146 e. The largest absolute Gasteiger partial charge is 0.396 e. The highest BCUT2D eigenvalue weighted by Gasteiger charge is 2.21. The summed E-state index contributed by atoms with van der Waals surface area (Å²) in [6.07, 6.45) is 8.91. The number of hydrogen-bond acceptors (Lipinski definition) is 6. The van der Waals surface area contributed by atoms with E-state index in [-0.39, 0.29) is 12.8 Å². The minimum atomic E-state index is 0.140. The van der Waals surface area contributed by atoms with E-state index < -0.39 is 0 Å². The third kappa shape index (κ3) is 4.34. The van der Waals surface area contributed by atoms with Gasteiger partial charge in [-0.3, -0.25) is 4.98 Å². The van der Waals surface area contributed by atoms with Gasteiger partial charge in [-0.25, -0.2) is 9.97 Å². The first kappa shape index (κ1) is 15.2. The van der Waals surface area contributed by atoms with Crippen molar-refractivity contribution in [1.29, 1.82) is 0 Å². The molecule has 2 aromatic rings. The van der Waals surface area contributed by atoms with Gasteiger partial charge >= 0.3 is 0 Å². The number of aromatic nitrogens is 3. The summed E-state index contributed by atoms with van der Waals surface area (Å²) in [5, 5.41) is 13.9. The summed E-state index contributed by atoms with van der Waals surface area (Å²) >= 11 is 7.90. The highest BCUT2D eigenvalue weighted by molar-refractivity contribution is 7.99. The van der Waals surface area contributed by atoms with Crippen LogP contribution in [-0.4, -0.2) is 32.7 Å². The van der Waals surface area contributed by atoms with Crippen molar-refractivity contribution in [1.82, 2.24) is 15.0 Å². The molecule has 0 saturated heterocycles. The second kappa shape index (κ2) is 7.95. The lowest BCUT2D eigenvalue weighted by molar-refractivity contribution is 0.185. The number of pyridine rings is 1. The fraction of sp³-hybridized carbons (Fsp3) is 0.438. The molecule has 122 valence electrons. The Labute approximate surface area is 146 Å². The van der Waals surface area contributed by atoms with Gasteiger partial charge in [-0.05, 0) is 37.7 Å². The van der Waals surface area contributed by atoms with Gasteiger partial charge in [-0.1, -0.05) is 23.4 Å². The Hall–Kier alpha value is -1.37. The number of nitrogens with one attached hydrogen (secondary N) is 1. The van der Waals surface area contributed by atoms with Crippen molar-refractivity contribution >= 4 is 29.2 Å². The van der Waals surface area contributed by atoms with Crippen LogP contribution >= 0.6 is 23.4 Å². The van der Waals surface area contributed by atoms with Gasteiger partial charge < -0.3 is 10.4 Å². The Kier molecular flexibility index (Phi) is 5.24. The van der Waals surface area contributed by atoms with Crippen LogP contribution in [0.25, 0.3) is 0 Å². The molecule has 1 fully saturated rings. The van der Waals surface area contributed by atoms with Crippen LogP contribution < -0.4 is 5.32 Å². The molecule has 7 heteroatoms. The van der Waals surface area contributed by atoms with Crippen LogP contribution in [-0.2, 0) is 0 Å². The SMILES string of the molecule is [2H]c1cnc(Sc2ccnc(NC3CCC(CO)CC3)c2Cl)cn1. The summed E-state index contributed by atoms with van der Waals surface area (Å²) in [5.74, 6) is 1.10. The van der Waals surface area contributed by atoms with Crippen molar-refractivity contribution in [3.05, 3.63) is 35.9 Å². The molecule has 23 heavy (non-hydrogen) atoms. The molecule has 1 aliphatic rings. The molecular weight excluding hydrogens is 332 g/mol. The Morgan fingerprint density at radius 3 is 2.83 bits per heavy atom. The third-order valence-corrected chi connectivity index (χ3v) is 5.49. The Morgan fingerprint density at radius 2 is 2.13 bits per heavy atom. The van der Waals surface area contributed by atoms with Gasteiger partial charge in [-0.2, -0.15) is 0 Å². The number of nitrogens with zero attached hydrogens (tertiary/aromatic N) is 3. The monoisotopic (exact) mass is 351 g/mol. The lowest BCUT2D eigenvalue weighted by Crippen LogP contribution is -2.27. The first-order valence-corrected chi connectivity index (χ1v) is 8.83. The fourth-order valence-electron chi connectivity index (χ4n) is 2.71. The van der Waals surface area contributed by atoms with Gasteiger partial charge in [0.25, 0.3) is 0 Å². The molecule has 0 amide bonds. The summed E-state index contributed by atoms with van der Waals surface area (Å²) in [5.41, 5.74) is 0. The number of aliphatic hydroxyl groups excluding tert-OH is 1. The van der Waals surface area contributed by atoms with E-state index in [1.165, 1.54) is 18.0 Å². The van der Waals surface area contributed by atoms with Crippen molar-refractivity contribution in [2.75, 3.05) is 11.9 Å². The molecule has 0 atom stereocenters. The predicted octanol–water partition coefficient (Wildman–Crippen LogP) is 3.64. The number of aliphatic hydroxyl groups is 1. The predicted molar refractivity (Wildman–Crippen MR) is 91.9 cm³/mol.